The molecule has 0 spiro atoms. The summed E-state index contributed by atoms with van der Waals surface area (Å²) in [6, 6.07) is 10.9. The van der Waals surface area contributed by atoms with Crippen LogP contribution < -0.4 is 5.32 Å². The minimum Gasteiger partial charge on any atom is -0.464 e. The summed E-state index contributed by atoms with van der Waals surface area (Å²) in [4.78, 5) is 27.2. The maximum atomic E-state index is 12.4. The van der Waals surface area contributed by atoms with Crippen molar-refractivity contribution < 1.29 is 14.3 Å². The van der Waals surface area contributed by atoms with Crippen molar-refractivity contribution in [3.8, 4) is 0 Å². The SMILES string of the molecule is COC(=O)/C(=C\c1ccc[nH]1)NC(=O)c1ccc(C(C)(C)C)cc1. The molecule has 0 fully saturated rings. The van der Waals surface area contributed by atoms with E-state index in [0.29, 0.717) is 11.3 Å². The standard InChI is InChI=1S/C19H22N2O3/c1-19(2,3)14-9-7-13(8-10-14)17(22)21-16(18(23)24-4)12-15-6-5-11-20-15/h5-12,20H,1-4H3,(H,21,22)/b16-12+. The normalized spacial score (nSPS) is 11.9. The Kier molecular flexibility index (Phi) is 5.24. The van der Waals surface area contributed by atoms with Crippen molar-refractivity contribution in [3.05, 3.63) is 65.1 Å². The molecule has 0 aliphatic rings. The average Bonchev–Trinajstić information content (AvgIpc) is 3.05. The number of hydrogen-bond donors (Lipinski definition) is 2. The lowest BCUT2D eigenvalue weighted by Crippen LogP contribution is -2.28. The van der Waals surface area contributed by atoms with Crippen LogP contribution in [-0.2, 0) is 14.9 Å². The summed E-state index contributed by atoms with van der Waals surface area (Å²) in [6.07, 6.45) is 3.26. The van der Waals surface area contributed by atoms with Gasteiger partial charge in [0.1, 0.15) is 5.70 Å². The number of hydrogen-bond acceptors (Lipinski definition) is 3. The maximum absolute atomic E-state index is 12.4. The highest BCUT2D eigenvalue weighted by Gasteiger charge is 2.17. The number of benzene rings is 1. The van der Waals surface area contributed by atoms with Crippen molar-refractivity contribution in [2.45, 2.75) is 26.2 Å². The van der Waals surface area contributed by atoms with Crippen LogP contribution in [0.3, 0.4) is 0 Å². The number of aromatic amines is 1. The van der Waals surface area contributed by atoms with Crippen LogP contribution in [0.25, 0.3) is 6.08 Å². The molecule has 1 heterocycles. The van der Waals surface area contributed by atoms with Crippen molar-refractivity contribution in [2.24, 2.45) is 0 Å². The number of nitrogens with one attached hydrogen (secondary N) is 2. The van der Waals surface area contributed by atoms with Gasteiger partial charge in [-0.15, -0.1) is 0 Å². The third kappa shape index (κ3) is 4.35. The molecule has 1 aromatic heterocycles. The molecule has 0 aliphatic carbocycles. The summed E-state index contributed by atoms with van der Waals surface area (Å²) >= 11 is 0. The van der Waals surface area contributed by atoms with Crippen LogP contribution in [0.2, 0.25) is 0 Å². The number of carbonyl (C=O) groups is 2. The number of methoxy groups -OCH3 is 1. The Hall–Kier alpha value is -2.82. The number of aromatic nitrogens is 1. The Labute approximate surface area is 141 Å². The summed E-state index contributed by atoms with van der Waals surface area (Å²) in [5.74, 6) is -0.970. The zero-order chi connectivity index (χ0) is 17.7. The highest BCUT2D eigenvalue weighted by molar-refractivity contribution is 6.03. The summed E-state index contributed by atoms with van der Waals surface area (Å²) in [6.45, 7) is 6.32. The molecule has 1 aromatic carbocycles. The monoisotopic (exact) mass is 326 g/mol. The van der Waals surface area contributed by atoms with Crippen molar-refractivity contribution in [1.82, 2.24) is 10.3 Å². The van der Waals surface area contributed by atoms with E-state index < -0.39 is 5.97 Å². The molecule has 0 unspecified atom stereocenters. The lowest BCUT2D eigenvalue weighted by atomic mass is 9.87. The third-order valence-electron chi connectivity index (χ3n) is 3.59. The van der Waals surface area contributed by atoms with Gasteiger partial charge in [0.15, 0.2) is 0 Å². The average molecular weight is 326 g/mol. The zero-order valence-corrected chi connectivity index (χ0v) is 14.3. The van der Waals surface area contributed by atoms with Gasteiger partial charge in [-0.25, -0.2) is 4.79 Å². The second-order valence-corrected chi connectivity index (χ2v) is 6.46. The van der Waals surface area contributed by atoms with E-state index >= 15 is 0 Å². The number of carbonyl (C=O) groups excluding carboxylic acids is 2. The largest absolute Gasteiger partial charge is 0.464 e. The van der Waals surface area contributed by atoms with E-state index in [4.69, 9.17) is 4.74 Å². The van der Waals surface area contributed by atoms with Gasteiger partial charge >= 0.3 is 5.97 Å². The third-order valence-corrected chi connectivity index (χ3v) is 3.59. The van der Waals surface area contributed by atoms with Crippen molar-refractivity contribution in [2.75, 3.05) is 7.11 Å². The van der Waals surface area contributed by atoms with Crippen LogP contribution in [0.5, 0.6) is 0 Å². The molecular formula is C19H22N2O3. The predicted molar refractivity (Wildman–Crippen MR) is 93.4 cm³/mol. The molecule has 0 saturated heterocycles. The van der Waals surface area contributed by atoms with Crippen LogP contribution >= 0.6 is 0 Å². The van der Waals surface area contributed by atoms with Gasteiger partial charge in [0.05, 0.1) is 7.11 Å². The fourth-order valence-corrected chi connectivity index (χ4v) is 2.16. The molecule has 0 aliphatic heterocycles. The summed E-state index contributed by atoms with van der Waals surface area (Å²) < 4.78 is 4.73. The van der Waals surface area contributed by atoms with Gasteiger partial charge in [0.25, 0.3) is 5.91 Å². The molecule has 24 heavy (non-hydrogen) atoms. The molecule has 5 heteroatoms. The molecule has 0 radical (unpaired) electrons. The fraction of sp³-hybridized carbons (Fsp3) is 0.263. The van der Waals surface area contributed by atoms with E-state index in [1.807, 2.05) is 12.1 Å². The predicted octanol–water partition coefficient (Wildman–Crippen LogP) is 3.26. The quantitative estimate of drug-likeness (QED) is 0.669. The van der Waals surface area contributed by atoms with E-state index in [2.05, 4.69) is 31.1 Å². The van der Waals surface area contributed by atoms with Crippen LogP contribution in [0.1, 0.15) is 42.4 Å². The number of esters is 1. The molecule has 0 bridgehead atoms. The van der Waals surface area contributed by atoms with Gasteiger partial charge < -0.3 is 15.0 Å². The molecule has 0 saturated carbocycles. The lowest BCUT2D eigenvalue weighted by Gasteiger charge is -2.19. The van der Waals surface area contributed by atoms with E-state index in [1.54, 1.807) is 30.5 Å². The highest BCUT2D eigenvalue weighted by Crippen LogP contribution is 2.22. The number of amides is 1. The van der Waals surface area contributed by atoms with Crippen LogP contribution in [-0.4, -0.2) is 24.0 Å². The summed E-state index contributed by atoms with van der Waals surface area (Å²) in [5, 5.41) is 2.61. The molecular weight excluding hydrogens is 304 g/mol. The molecule has 0 atom stereocenters. The van der Waals surface area contributed by atoms with E-state index in [9.17, 15) is 9.59 Å². The highest BCUT2D eigenvalue weighted by atomic mass is 16.5. The number of H-pyrrole nitrogens is 1. The van der Waals surface area contributed by atoms with Crippen LogP contribution in [0, 0.1) is 0 Å². The van der Waals surface area contributed by atoms with Crippen molar-refractivity contribution in [1.29, 1.82) is 0 Å². The summed E-state index contributed by atoms with van der Waals surface area (Å²) in [7, 11) is 1.27. The van der Waals surface area contributed by atoms with Gasteiger partial charge in [-0.05, 0) is 41.3 Å². The Morgan fingerprint density at radius 3 is 2.29 bits per heavy atom. The Balaban J connectivity index is 2.20. The Bertz CT molecular complexity index is 736. The van der Waals surface area contributed by atoms with E-state index in [-0.39, 0.29) is 17.0 Å². The van der Waals surface area contributed by atoms with E-state index in [1.165, 1.54) is 13.2 Å². The first kappa shape index (κ1) is 17.5. The van der Waals surface area contributed by atoms with E-state index in [0.717, 1.165) is 5.56 Å². The molecule has 2 aromatic rings. The van der Waals surface area contributed by atoms with Gasteiger partial charge in [0.2, 0.25) is 0 Å². The first-order chi connectivity index (χ1) is 11.3. The molecule has 2 rings (SSSR count). The van der Waals surface area contributed by atoms with Crippen LogP contribution in [0.15, 0.2) is 48.3 Å². The molecule has 126 valence electrons. The van der Waals surface area contributed by atoms with Crippen LogP contribution in [0.4, 0.5) is 0 Å². The minimum absolute atomic E-state index is 0.0136. The minimum atomic E-state index is -0.607. The van der Waals surface area contributed by atoms with Gasteiger partial charge in [-0.2, -0.15) is 0 Å². The first-order valence-corrected chi connectivity index (χ1v) is 7.66. The summed E-state index contributed by atoms with van der Waals surface area (Å²) in [5.41, 5.74) is 2.39. The molecule has 1 amide bonds. The second-order valence-electron chi connectivity index (χ2n) is 6.46. The topological polar surface area (TPSA) is 71.2 Å². The smallest absolute Gasteiger partial charge is 0.354 e. The Morgan fingerprint density at radius 2 is 1.79 bits per heavy atom. The first-order valence-electron chi connectivity index (χ1n) is 7.66. The van der Waals surface area contributed by atoms with Gasteiger partial charge in [0, 0.05) is 17.5 Å². The second kappa shape index (κ2) is 7.17. The Morgan fingerprint density at radius 1 is 1.12 bits per heavy atom. The number of rotatable bonds is 4. The molecule has 5 nitrogen and oxygen atoms in total. The van der Waals surface area contributed by atoms with Gasteiger partial charge in [-0.1, -0.05) is 32.9 Å². The lowest BCUT2D eigenvalue weighted by molar-refractivity contribution is -0.136. The maximum Gasteiger partial charge on any atom is 0.354 e. The fourth-order valence-electron chi connectivity index (χ4n) is 2.16. The zero-order valence-electron chi connectivity index (χ0n) is 14.3. The van der Waals surface area contributed by atoms with Crippen molar-refractivity contribution in [3.63, 3.8) is 0 Å². The molecule has 2 N–H and O–H groups in total. The number of ether oxygens (including phenoxy) is 1. The van der Waals surface area contributed by atoms with Gasteiger partial charge in [-0.3, -0.25) is 4.79 Å². The van der Waals surface area contributed by atoms with Crippen molar-refractivity contribution >= 4 is 18.0 Å².